The molecule has 4 N–H and O–H groups in total. The molecule has 0 radical (unpaired) electrons. The third-order valence-corrected chi connectivity index (χ3v) is 3.15. The van der Waals surface area contributed by atoms with E-state index in [-0.39, 0.29) is 0 Å². The Kier molecular flexibility index (Phi) is 9.35. The lowest BCUT2D eigenvalue weighted by molar-refractivity contribution is 0.203. The lowest BCUT2D eigenvalue weighted by Crippen LogP contribution is -2.04. The lowest BCUT2D eigenvalue weighted by Gasteiger charge is -2.13. The minimum Gasteiger partial charge on any atom is -0.330 e. The summed E-state index contributed by atoms with van der Waals surface area (Å²) in [5.74, 6) is 0. The van der Waals surface area contributed by atoms with Crippen LogP contribution in [0.15, 0.2) is 0 Å². The van der Waals surface area contributed by atoms with Crippen LogP contribution in [0.4, 0.5) is 0 Å². The van der Waals surface area contributed by atoms with Crippen molar-refractivity contribution in [3.8, 4) is 0 Å². The third kappa shape index (κ3) is 10.4. The molecule has 15 heavy (non-hydrogen) atoms. The van der Waals surface area contributed by atoms with Gasteiger partial charge in [0.05, 0.1) is 13.2 Å². The van der Waals surface area contributed by atoms with Gasteiger partial charge in [-0.1, -0.05) is 0 Å². The normalized spacial score (nSPS) is 11.9. The van der Waals surface area contributed by atoms with Crippen LogP contribution in [0.2, 0.25) is 0 Å². The van der Waals surface area contributed by atoms with Crippen molar-refractivity contribution in [1.29, 1.82) is 0 Å². The summed E-state index contributed by atoms with van der Waals surface area (Å²) in [6.45, 7) is 3.66. The van der Waals surface area contributed by atoms with Crippen molar-refractivity contribution in [3.05, 3.63) is 0 Å². The second-order valence-electron chi connectivity index (χ2n) is 3.43. The summed E-state index contributed by atoms with van der Waals surface area (Å²) in [4.78, 5) is 0. The van der Waals surface area contributed by atoms with Gasteiger partial charge in [-0.15, -0.1) is 0 Å². The van der Waals surface area contributed by atoms with Crippen LogP contribution >= 0.6 is 7.60 Å². The van der Waals surface area contributed by atoms with Crippen molar-refractivity contribution < 1.29 is 13.6 Å². The van der Waals surface area contributed by atoms with E-state index in [1.54, 1.807) is 0 Å². The van der Waals surface area contributed by atoms with Crippen molar-refractivity contribution in [2.24, 2.45) is 11.5 Å². The van der Waals surface area contributed by atoms with E-state index in [0.29, 0.717) is 26.3 Å². The Morgan fingerprint density at radius 2 is 1.33 bits per heavy atom. The standard InChI is InChI=1S/C9H23N2O3P/c1-15(12,13-8-4-2-6-10)14-9-5-3-7-11/h2-11H2,1H3. The summed E-state index contributed by atoms with van der Waals surface area (Å²) in [6.07, 6.45) is 3.40. The first-order valence-corrected chi connectivity index (χ1v) is 7.38. The fraction of sp³-hybridized carbons (Fsp3) is 1.00. The molecule has 5 nitrogen and oxygen atoms in total. The van der Waals surface area contributed by atoms with Crippen LogP contribution < -0.4 is 11.5 Å². The molecule has 0 spiro atoms. The highest BCUT2D eigenvalue weighted by Crippen LogP contribution is 2.43. The molecule has 0 aromatic heterocycles. The Labute approximate surface area is 92.0 Å². The molecule has 0 amide bonds. The lowest BCUT2D eigenvalue weighted by atomic mass is 10.3. The van der Waals surface area contributed by atoms with E-state index in [9.17, 15) is 4.57 Å². The number of hydrogen-bond donors (Lipinski definition) is 2. The van der Waals surface area contributed by atoms with E-state index in [1.165, 1.54) is 6.66 Å². The summed E-state index contributed by atoms with van der Waals surface area (Å²) in [5, 5.41) is 0. The van der Waals surface area contributed by atoms with Crippen molar-refractivity contribution in [2.75, 3.05) is 33.0 Å². The van der Waals surface area contributed by atoms with Crippen LogP contribution in [-0.4, -0.2) is 33.0 Å². The average molecular weight is 238 g/mol. The molecule has 0 bridgehead atoms. The molecule has 6 heteroatoms. The number of unbranched alkanes of at least 4 members (excludes halogenated alkanes) is 2. The first-order chi connectivity index (χ1) is 7.12. The largest absolute Gasteiger partial charge is 0.330 e. The van der Waals surface area contributed by atoms with Gasteiger partial charge in [0.25, 0.3) is 0 Å². The van der Waals surface area contributed by atoms with E-state index < -0.39 is 7.60 Å². The van der Waals surface area contributed by atoms with Gasteiger partial charge >= 0.3 is 7.60 Å². The zero-order chi connectivity index (χ0) is 11.6. The maximum atomic E-state index is 11.6. The first kappa shape index (κ1) is 15.1. The molecule has 0 aliphatic heterocycles. The van der Waals surface area contributed by atoms with Gasteiger partial charge in [-0.3, -0.25) is 4.57 Å². The van der Waals surface area contributed by atoms with Gasteiger partial charge < -0.3 is 20.5 Å². The molecule has 0 aromatic carbocycles. The zero-order valence-electron chi connectivity index (χ0n) is 9.48. The summed E-state index contributed by atoms with van der Waals surface area (Å²) in [7, 11) is -2.85. The monoisotopic (exact) mass is 238 g/mol. The van der Waals surface area contributed by atoms with Crippen LogP contribution in [0.5, 0.6) is 0 Å². The molecule has 0 fully saturated rings. The molecule has 0 aliphatic carbocycles. The van der Waals surface area contributed by atoms with Gasteiger partial charge in [-0.05, 0) is 38.8 Å². The molecule has 0 unspecified atom stereocenters. The van der Waals surface area contributed by atoms with Crippen LogP contribution in [0.1, 0.15) is 25.7 Å². The highest BCUT2D eigenvalue weighted by molar-refractivity contribution is 7.52. The highest BCUT2D eigenvalue weighted by atomic mass is 31.2. The Balaban J connectivity index is 3.45. The van der Waals surface area contributed by atoms with Crippen LogP contribution in [0.3, 0.4) is 0 Å². The number of nitrogens with two attached hydrogens (primary N) is 2. The molecule has 0 heterocycles. The van der Waals surface area contributed by atoms with E-state index in [1.807, 2.05) is 0 Å². The second-order valence-corrected chi connectivity index (χ2v) is 5.49. The maximum absolute atomic E-state index is 11.6. The molecular formula is C9H23N2O3P. The summed E-state index contributed by atoms with van der Waals surface area (Å²) >= 11 is 0. The molecule has 0 saturated carbocycles. The van der Waals surface area contributed by atoms with Gasteiger partial charge in [0.2, 0.25) is 0 Å². The second kappa shape index (κ2) is 9.31. The fourth-order valence-electron chi connectivity index (χ4n) is 0.991. The van der Waals surface area contributed by atoms with E-state index in [2.05, 4.69) is 0 Å². The predicted molar refractivity (Wildman–Crippen MR) is 62.0 cm³/mol. The van der Waals surface area contributed by atoms with Crippen LogP contribution in [0.25, 0.3) is 0 Å². The van der Waals surface area contributed by atoms with Crippen LogP contribution in [-0.2, 0) is 13.6 Å². The molecule has 0 atom stereocenters. The van der Waals surface area contributed by atoms with Gasteiger partial charge in [0.15, 0.2) is 0 Å². The smallest absolute Gasteiger partial charge is 0.327 e. The van der Waals surface area contributed by atoms with Gasteiger partial charge in [0, 0.05) is 6.66 Å². The quantitative estimate of drug-likeness (QED) is 0.442. The Hall–Kier alpha value is 0.0700. The van der Waals surface area contributed by atoms with Crippen molar-refractivity contribution in [2.45, 2.75) is 25.7 Å². The van der Waals surface area contributed by atoms with Gasteiger partial charge in [0.1, 0.15) is 0 Å². The average Bonchev–Trinajstić information content (AvgIpc) is 2.20. The number of hydrogen-bond acceptors (Lipinski definition) is 5. The highest BCUT2D eigenvalue weighted by Gasteiger charge is 2.15. The summed E-state index contributed by atoms with van der Waals surface area (Å²) in [5.41, 5.74) is 10.6. The Bertz CT molecular complexity index is 174. The van der Waals surface area contributed by atoms with Crippen LogP contribution in [0, 0.1) is 0 Å². The molecule has 0 aliphatic rings. The van der Waals surface area contributed by atoms with E-state index in [0.717, 1.165) is 25.7 Å². The molecule has 0 rings (SSSR count). The van der Waals surface area contributed by atoms with Gasteiger partial charge in [-0.2, -0.15) is 0 Å². The topological polar surface area (TPSA) is 87.6 Å². The van der Waals surface area contributed by atoms with Crippen molar-refractivity contribution in [3.63, 3.8) is 0 Å². The minimum atomic E-state index is -2.85. The zero-order valence-corrected chi connectivity index (χ0v) is 10.4. The molecule has 92 valence electrons. The minimum absolute atomic E-state index is 0.446. The Morgan fingerprint density at radius 1 is 0.933 bits per heavy atom. The Morgan fingerprint density at radius 3 is 1.67 bits per heavy atom. The molecule has 0 aromatic rings. The van der Waals surface area contributed by atoms with Crippen molar-refractivity contribution >= 4 is 7.60 Å². The predicted octanol–water partition coefficient (Wildman–Crippen LogP) is 1.32. The molecule has 0 saturated heterocycles. The number of rotatable bonds is 10. The maximum Gasteiger partial charge on any atom is 0.327 e. The first-order valence-electron chi connectivity index (χ1n) is 5.39. The van der Waals surface area contributed by atoms with Gasteiger partial charge in [-0.25, -0.2) is 0 Å². The van der Waals surface area contributed by atoms with Crippen molar-refractivity contribution in [1.82, 2.24) is 0 Å². The molecular weight excluding hydrogens is 215 g/mol. The van der Waals surface area contributed by atoms with E-state index in [4.69, 9.17) is 20.5 Å². The third-order valence-electron chi connectivity index (χ3n) is 1.85. The summed E-state index contributed by atoms with van der Waals surface area (Å²) < 4.78 is 21.9. The SMILES string of the molecule is CP(=O)(OCCCCN)OCCCCN. The van der Waals surface area contributed by atoms with E-state index >= 15 is 0 Å². The summed E-state index contributed by atoms with van der Waals surface area (Å²) in [6, 6.07) is 0. The fourth-order valence-corrected chi connectivity index (χ4v) is 1.99.